The summed E-state index contributed by atoms with van der Waals surface area (Å²) < 4.78 is 13.8. The van der Waals surface area contributed by atoms with Gasteiger partial charge in [-0.2, -0.15) is 0 Å². The van der Waals surface area contributed by atoms with E-state index in [1.165, 1.54) is 6.92 Å². The summed E-state index contributed by atoms with van der Waals surface area (Å²) in [7, 11) is 0. The molecule has 2 nitrogen and oxygen atoms in total. The van der Waals surface area contributed by atoms with Crippen molar-refractivity contribution in [3.63, 3.8) is 0 Å². The Morgan fingerprint density at radius 1 is 1.43 bits per heavy atom. The number of hydrogen-bond donors (Lipinski definition) is 2. The molecule has 3 N–H and O–H groups in total. The Bertz CT molecular complexity index is 293. The van der Waals surface area contributed by atoms with Crippen molar-refractivity contribution in [3.8, 4) is 5.75 Å². The number of hydrogen-bond acceptors (Lipinski definition) is 2. The molecule has 0 radical (unpaired) electrons. The molecule has 0 heterocycles. The highest BCUT2D eigenvalue weighted by atomic mass is 19.1. The van der Waals surface area contributed by atoms with Crippen molar-refractivity contribution in [3.05, 3.63) is 29.8 Å². The first-order valence-electron chi connectivity index (χ1n) is 4.64. The Labute approximate surface area is 83.6 Å². The van der Waals surface area contributed by atoms with Gasteiger partial charge in [-0.3, -0.25) is 0 Å². The van der Waals surface area contributed by atoms with Gasteiger partial charge in [0.1, 0.15) is 11.4 Å². The highest BCUT2D eigenvalue weighted by Gasteiger charge is 2.28. The predicted octanol–water partition coefficient (Wildman–Crippen LogP) is 2.01. The summed E-state index contributed by atoms with van der Waals surface area (Å²) in [5.41, 5.74) is 4.96. The summed E-state index contributed by atoms with van der Waals surface area (Å²) in [6, 6.07) is 6.00. The lowest BCUT2D eigenvalue weighted by molar-refractivity contribution is 0.157. The van der Waals surface area contributed by atoms with Crippen molar-refractivity contribution in [2.24, 2.45) is 5.73 Å². The fourth-order valence-electron chi connectivity index (χ4n) is 1.17. The molecule has 0 bridgehead atoms. The van der Waals surface area contributed by atoms with Crippen molar-refractivity contribution in [1.82, 2.24) is 0 Å². The van der Waals surface area contributed by atoms with Crippen LogP contribution in [0.4, 0.5) is 4.39 Å². The van der Waals surface area contributed by atoms with Gasteiger partial charge in [0.2, 0.25) is 0 Å². The zero-order valence-electron chi connectivity index (χ0n) is 8.50. The zero-order chi connectivity index (χ0) is 10.8. The van der Waals surface area contributed by atoms with Crippen LogP contribution in [0.25, 0.3) is 0 Å². The molecule has 3 heteroatoms. The Balaban J connectivity index is 2.74. The van der Waals surface area contributed by atoms with Crippen LogP contribution in [0, 0.1) is 0 Å². The molecule has 14 heavy (non-hydrogen) atoms. The van der Waals surface area contributed by atoms with Crippen molar-refractivity contribution in [1.29, 1.82) is 0 Å². The fraction of sp³-hybridized carbons (Fsp3) is 0.455. The molecule has 0 aromatic heterocycles. The topological polar surface area (TPSA) is 46.2 Å². The number of benzene rings is 1. The molecule has 1 aromatic rings. The van der Waals surface area contributed by atoms with Crippen LogP contribution in [0.3, 0.4) is 0 Å². The standard InChI is InChI=1S/C11H16FNO/c1-8(13)11(2,12)7-9-3-5-10(14)6-4-9/h3-6,8,14H,7,13H2,1-2H3. The van der Waals surface area contributed by atoms with Gasteiger partial charge >= 0.3 is 0 Å². The second-order valence-electron chi connectivity index (χ2n) is 3.91. The first kappa shape index (κ1) is 11.0. The molecule has 2 atom stereocenters. The maximum atomic E-state index is 13.8. The summed E-state index contributed by atoms with van der Waals surface area (Å²) in [5.74, 6) is 0.190. The Hall–Kier alpha value is -1.09. The molecule has 0 aliphatic rings. The molecule has 0 fully saturated rings. The van der Waals surface area contributed by atoms with Crippen LogP contribution in [0.5, 0.6) is 5.75 Å². The molecule has 0 aliphatic carbocycles. The number of phenols is 1. The number of rotatable bonds is 3. The lowest BCUT2D eigenvalue weighted by Crippen LogP contribution is -2.41. The van der Waals surface area contributed by atoms with Gasteiger partial charge < -0.3 is 10.8 Å². The summed E-state index contributed by atoms with van der Waals surface area (Å²) in [6.07, 6.45) is 0.269. The monoisotopic (exact) mass is 197 g/mol. The molecule has 1 aromatic carbocycles. The van der Waals surface area contributed by atoms with Crippen molar-refractivity contribution in [2.75, 3.05) is 0 Å². The molecule has 78 valence electrons. The highest BCUT2D eigenvalue weighted by molar-refractivity contribution is 5.27. The van der Waals surface area contributed by atoms with Crippen LogP contribution in [0.2, 0.25) is 0 Å². The molecule has 0 aliphatic heterocycles. The minimum absolute atomic E-state index is 0.190. The van der Waals surface area contributed by atoms with E-state index < -0.39 is 11.7 Å². The lowest BCUT2D eigenvalue weighted by atomic mass is 9.92. The molecule has 2 unspecified atom stereocenters. The van der Waals surface area contributed by atoms with Crippen LogP contribution >= 0.6 is 0 Å². The van der Waals surface area contributed by atoms with Gasteiger partial charge in [-0.1, -0.05) is 12.1 Å². The van der Waals surface area contributed by atoms with Crippen molar-refractivity contribution < 1.29 is 9.50 Å². The SMILES string of the molecule is CC(N)C(C)(F)Cc1ccc(O)cc1. The average molecular weight is 197 g/mol. The Morgan fingerprint density at radius 3 is 2.36 bits per heavy atom. The minimum Gasteiger partial charge on any atom is -0.508 e. The van der Waals surface area contributed by atoms with E-state index in [-0.39, 0.29) is 12.2 Å². The first-order chi connectivity index (χ1) is 6.42. The third-order valence-corrected chi connectivity index (χ3v) is 2.44. The van der Waals surface area contributed by atoms with E-state index in [0.29, 0.717) is 0 Å². The number of aromatic hydroxyl groups is 1. The van der Waals surface area contributed by atoms with E-state index in [2.05, 4.69) is 0 Å². The van der Waals surface area contributed by atoms with E-state index in [0.717, 1.165) is 5.56 Å². The van der Waals surface area contributed by atoms with Gasteiger partial charge in [-0.15, -0.1) is 0 Å². The number of alkyl halides is 1. The van der Waals surface area contributed by atoms with Gasteiger partial charge in [0, 0.05) is 12.5 Å². The molecule has 0 spiro atoms. The molecule has 0 saturated heterocycles. The zero-order valence-corrected chi connectivity index (χ0v) is 8.50. The van der Waals surface area contributed by atoms with Crippen LogP contribution in [0.15, 0.2) is 24.3 Å². The van der Waals surface area contributed by atoms with Gasteiger partial charge in [-0.25, -0.2) is 4.39 Å². The predicted molar refractivity (Wildman–Crippen MR) is 55.0 cm³/mol. The van der Waals surface area contributed by atoms with Gasteiger partial charge in [0.05, 0.1) is 0 Å². The Kier molecular flexibility index (Phi) is 3.11. The van der Waals surface area contributed by atoms with E-state index in [9.17, 15) is 4.39 Å². The molecule has 0 saturated carbocycles. The van der Waals surface area contributed by atoms with Crippen LogP contribution in [-0.2, 0) is 6.42 Å². The second-order valence-corrected chi connectivity index (χ2v) is 3.91. The van der Waals surface area contributed by atoms with E-state index in [4.69, 9.17) is 10.8 Å². The van der Waals surface area contributed by atoms with Crippen LogP contribution < -0.4 is 5.73 Å². The van der Waals surface area contributed by atoms with E-state index in [1.54, 1.807) is 31.2 Å². The van der Waals surface area contributed by atoms with Gasteiger partial charge in [0.25, 0.3) is 0 Å². The third kappa shape index (κ3) is 2.70. The largest absolute Gasteiger partial charge is 0.508 e. The second kappa shape index (κ2) is 3.96. The minimum atomic E-state index is -1.41. The van der Waals surface area contributed by atoms with Gasteiger partial charge in [-0.05, 0) is 31.5 Å². The Morgan fingerprint density at radius 2 is 1.93 bits per heavy atom. The number of nitrogens with two attached hydrogens (primary N) is 1. The van der Waals surface area contributed by atoms with Crippen LogP contribution in [-0.4, -0.2) is 16.8 Å². The number of halogens is 1. The first-order valence-corrected chi connectivity index (χ1v) is 4.64. The molecule has 1 rings (SSSR count). The lowest BCUT2D eigenvalue weighted by Gasteiger charge is -2.24. The molecular formula is C11H16FNO. The fourth-order valence-corrected chi connectivity index (χ4v) is 1.17. The van der Waals surface area contributed by atoms with E-state index in [1.807, 2.05) is 0 Å². The van der Waals surface area contributed by atoms with E-state index >= 15 is 0 Å². The van der Waals surface area contributed by atoms with Crippen LogP contribution in [0.1, 0.15) is 19.4 Å². The maximum absolute atomic E-state index is 13.8. The van der Waals surface area contributed by atoms with Gasteiger partial charge in [0.15, 0.2) is 0 Å². The van der Waals surface area contributed by atoms with Crippen molar-refractivity contribution in [2.45, 2.75) is 32.0 Å². The summed E-state index contributed by atoms with van der Waals surface area (Å²) in [4.78, 5) is 0. The third-order valence-electron chi connectivity index (χ3n) is 2.44. The summed E-state index contributed by atoms with van der Waals surface area (Å²) in [5, 5.41) is 9.05. The normalized spacial score (nSPS) is 17.4. The smallest absolute Gasteiger partial charge is 0.127 e. The summed E-state index contributed by atoms with van der Waals surface area (Å²) >= 11 is 0. The maximum Gasteiger partial charge on any atom is 0.127 e. The highest BCUT2D eigenvalue weighted by Crippen LogP contribution is 2.21. The van der Waals surface area contributed by atoms with Crippen molar-refractivity contribution >= 4 is 0 Å². The molecular weight excluding hydrogens is 181 g/mol. The summed E-state index contributed by atoms with van der Waals surface area (Å²) in [6.45, 7) is 3.14. The average Bonchev–Trinajstić information content (AvgIpc) is 2.08. The number of phenolic OH excluding ortho intramolecular Hbond substituents is 1. The quantitative estimate of drug-likeness (QED) is 0.778. The molecule has 0 amide bonds.